The van der Waals surface area contributed by atoms with Gasteiger partial charge in [0.15, 0.2) is 0 Å². The van der Waals surface area contributed by atoms with Gasteiger partial charge in [0.05, 0.1) is 13.2 Å². The summed E-state index contributed by atoms with van der Waals surface area (Å²) in [5, 5.41) is 0. The number of unbranched alkanes of at least 4 members (excludes halogenated alkanes) is 1. The van der Waals surface area contributed by atoms with Crippen LogP contribution in [0, 0.1) is 5.92 Å². The van der Waals surface area contributed by atoms with E-state index in [4.69, 9.17) is 4.74 Å². The highest BCUT2D eigenvalue weighted by Crippen LogP contribution is 2.37. The fourth-order valence-electron chi connectivity index (χ4n) is 3.56. The zero-order valence-corrected chi connectivity index (χ0v) is 14.7. The Morgan fingerprint density at radius 1 is 1.13 bits per heavy atom. The maximum Gasteiger partial charge on any atom is 0.0721 e. The molecule has 2 rings (SSSR count). The molecule has 0 amide bonds. The van der Waals surface area contributed by atoms with Crippen LogP contribution in [0.15, 0.2) is 49.1 Å². The molecule has 23 heavy (non-hydrogen) atoms. The first-order valence-electron chi connectivity index (χ1n) is 9.22. The summed E-state index contributed by atoms with van der Waals surface area (Å²) in [5.74, 6) is 1.72. The molecule has 1 aliphatic rings. The van der Waals surface area contributed by atoms with Gasteiger partial charge in [0, 0.05) is 0 Å². The molecule has 1 heteroatoms. The van der Waals surface area contributed by atoms with E-state index in [0.29, 0.717) is 13.2 Å². The van der Waals surface area contributed by atoms with Gasteiger partial charge < -0.3 is 4.74 Å². The van der Waals surface area contributed by atoms with Crippen molar-refractivity contribution in [2.24, 2.45) is 5.92 Å². The first kappa shape index (κ1) is 18.0. The predicted octanol–water partition coefficient (Wildman–Crippen LogP) is 6.41. The largest absolute Gasteiger partial charge is 0.373 e. The van der Waals surface area contributed by atoms with Crippen molar-refractivity contribution in [2.75, 3.05) is 6.61 Å². The summed E-state index contributed by atoms with van der Waals surface area (Å²) in [4.78, 5) is 0. The van der Waals surface area contributed by atoms with E-state index in [1.54, 1.807) is 0 Å². The molecule has 1 aromatic carbocycles. The smallest absolute Gasteiger partial charge is 0.0721 e. The van der Waals surface area contributed by atoms with Crippen LogP contribution in [0.4, 0.5) is 0 Å². The highest BCUT2D eigenvalue weighted by atomic mass is 16.5. The molecule has 0 radical (unpaired) electrons. The second-order valence-electron chi connectivity index (χ2n) is 6.76. The molecule has 1 aliphatic carbocycles. The maximum absolute atomic E-state index is 5.61. The number of ether oxygens (including phenoxy) is 1. The molecular weight excluding hydrogens is 280 g/mol. The molecule has 1 fully saturated rings. The third-order valence-electron chi connectivity index (χ3n) is 5.04. The molecule has 0 atom stereocenters. The van der Waals surface area contributed by atoms with Gasteiger partial charge in [-0.05, 0) is 68.4 Å². The summed E-state index contributed by atoms with van der Waals surface area (Å²) in [5.41, 5.74) is 2.79. The normalized spacial score (nSPS) is 21.6. The van der Waals surface area contributed by atoms with Crippen LogP contribution in [0.3, 0.4) is 0 Å². The van der Waals surface area contributed by atoms with Crippen molar-refractivity contribution >= 4 is 0 Å². The Morgan fingerprint density at radius 2 is 1.87 bits per heavy atom. The van der Waals surface area contributed by atoms with Gasteiger partial charge in [-0.1, -0.05) is 48.9 Å². The van der Waals surface area contributed by atoms with Crippen molar-refractivity contribution in [3.05, 3.63) is 60.2 Å². The molecule has 0 saturated heterocycles. The fourth-order valence-corrected chi connectivity index (χ4v) is 3.56. The topological polar surface area (TPSA) is 9.23 Å². The molecule has 0 heterocycles. The van der Waals surface area contributed by atoms with E-state index < -0.39 is 0 Å². The zero-order valence-electron chi connectivity index (χ0n) is 14.7. The molecule has 0 bridgehead atoms. The van der Waals surface area contributed by atoms with Gasteiger partial charge in [-0.15, -0.1) is 6.58 Å². The van der Waals surface area contributed by atoms with Gasteiger partial charge in [0.1, 0.15) is 0 Å². The van der Waals surface area contributed by atoms with Gasteiger partial charge >= 0.3 is 0 Å². The Morgan fingerprint density at radius 3 is 2.52 bits per heavy atom. The van der Waals surface area contributed by atoms with Crippen molar-refractivity contribution in [3.8, 4) is 0 Å². The summed E-state index contributed by atoms with van der Waals surface area (Å²) < 4.78 is 5.61. The molecular formula is C22H32O. The van der Waals surface area contributed by atoms with Gasteiger partial charge in [-0.2, -0.15) is 0 Å². The summed E-state index contributed by atoms with van der Waals surface area (Å²) >= 11 is 0. The van der Waals surface area contributed by atoms with Crippen molar-refractivity contribution in [3.63, 3.8) is 0 Å². The minimum Gasteiger partial charge on any atom is -0.373 e. The fraction of sp³-hybridized carbons (Fsp3) is 0.545. The average molecular weight is 312 g/mol. The van der Waals surface area contributed by atoms with Gasteiger partial charge in [0.2, 0.25) is 0 Å². The van der Waals surface area contributed by atoms with Crippen LogP contribution >= 0.6 is 0 Å². The average Bonchev–Trinajstić information content (AvgIpc) is 2.60. The standard InChI is InChI=1S/C22H32O/c1-3-5-7-8-19-9-13-21(14-10-19)22-15-11-20(12-16-22)18-23-17-6-4-2/h3-4,6,11-12,15-16,19,21H,1,5,7-10,13-14,17-18H2,2H3/b6-4+/t19-,21-. The van der Waals surface area contributed by atoms with Crippen molar-refractivity contribution in [1.82, 2.24) is 0 Å². The molecule has 0 aliphatic heterocycles. The minimum atomic E-state index is 0.702. The van der Waals surface area contributed by atoms with E-state index in [9.17, 15) is 0 Å². The lowest BCUT2D eigenvalue weighted by atomic mass is 9.77. The second kappa shape index (κ2) is 10.4. The van der Waals surface area contributed by atoms with E-state index in [0.717, 1.165) is 11.8 Å². The number of hydrogen-bond donors (Lipinski definition) is 0. The zero-order chi connectivity index (χ0) is 16.3. The maximum atomic E-state index is 5.61. The Labute approximate surface area is 142 Å². The van der Waals surface area contributed by atoms with Crippen LogP contribution in [-0.4, -0.2) is 6.61 Å². The molecule has 1 aromatic rings. The Balaban J connectivity index is 1.74. The van der Waals surface area contributed by atoms with Crippen LogP contribution in [0.5, 0.6) is 0 Å². The Hall–Kier alpha value is -1.34. The SMILES string of the molecule is C=CCCC[C@H]1CC[C@H](c2ccc(COC/C=C/C)cc2)CC1. The second-order valence-corrected chi connectivity index (χ2v) is 6.76. The molecule has 0 spiro atoms. The number of allylic oxidation sites excluding steroid dienone is 2. The quantitative estimate of drug-likeness (QED) is 0.378. The first-order valence-corrected chi connectivity index (χ1v) is 9.22. The van der Waals surface area contributed by atoms with Crippen molar-refractivity contribution < 1.29 is 4.74 Å². The van der Waals surface area contributed by atoms with E-state index in [-0.39, 0.29) is 0 Å². The lowest BCUT2D eigenvalue weighted by molar-refractivity contribution is 0.148. The van der Waals surface area contributed by atoms with Crippen LogP contribution < -0.4 is 0 Å². The molecule has 0 unspecified atom stereocenters. The van der Waals surface area contributed by atoms with Crippen LogP contribution in [-0.2, 0) is 11.3 Å². The monoisotopic (exact) mass is 312 g/mol. The molecule has 1 saturated carbocycles. The lowest BCUT2D eigenvalue weighted by Crippen LogP contribution is -2.13. The number of hydrogen-bond acceptors (Lipinski definition) is 1. The van der Waals surface area contributed by atoms with E-state index in [1.807, 2.05) is 19.1 Å². The third-order valence-corrected chi connectivity index (χ3v) is 5.04. The first-order chi connectivity index (χ1) is 11.3. The van der Waals surface area contributed by atoms with Gasteiger partial charge in [-0.25, -0.2) is 0 Å². The van der Waals surface area contributed by atoms with E-state index in [1.165, 1.54) is 56.1 Å². The van der Waals surface area contributed by atoms with Crippen molar-refractivity contribution in [2.45, 2.75) is 64.4 Å². The predicted molar refractivity (Wildman–Crippen MR) is 99.7 cm³/mol. The van der Waals surface area contributed by atoms with Crippen molar-refractivity contribution in [1.29, 1.82) is 0 Å². The molecule has 0 N–H and O–H groups in total. The van der Waals surface area contributed by atoms with Crippen LogP contribution in [0.1, 0.15) is 68.9 Å². The minimum absolute atomic E-state index is 0.702. The highest BCUT2D eigenvalue weighted by Gasteiger charge is 2.21. The number of benzene rings is 1. The van der Waals surface area contributed by atoms with Gasteiger partial charge in [0.25, 0.3) is 0 Å². The molecule has 0 aromatic heterocycles. The lowest BCUT2D eigenvalue weighted by Gasteiger charge is -2.29. The number of rotatable bonds is 9. The van der Waals surface area contributed by atoms with Gasteiger partial charge in [-0.3, -0.25) is 0 Å². The van der Waals surface area contributed by atoms with Crippen LogP contribution in [0.2, 0.25) is 0 Å². The molecule has 1 nitrogen and oxygen atoms in total. The molecule has 126 valence electrons. The van der Waals surface area contributed by atoms with Crippen LogP contribution in [0.25, 0.3) is 0 Å². The summed E-state index contributed by atoms with van der Waals surface area (Å²) in [6.07, 6.45) is 15.5. The Bertz CT molecular complexity index is 463. The highest BCUT2D eigenvalue weighted by molar-refractivity contribution is 5.25. The van der Waals surface area contributed by atoms with E-state index in [2.05, 4.69) is 36.9 Å². The summed E-state index contributed by atoms with van der Waals surface area (Å²) in [6.45, 7) is 7.25. The third kappa shape index (κ3) is 6.35. The van der Waals surface area contributed by atoms with E-state index >= 15 is 0 Å². The Kier molecular flexibility index (Phi) is 8.17. The summed E-state index contributed by atoms with van der Waals surface area (Å²) in [6, 6.07) is 9.11. The summed E-state index contributed by atoms with van der Waals surface area (Å²) in [7, 11) is 0.